The number of ether oxygens (including phenoxy) is 1. The Hall–Kier alpha value is -1.02. The first kappa shape index (κ1) is 11.1. The molecule has 0 aliphatic heterocycles. The molecule has 0 bridgehead atoms. The molecule has 0 saturated carbocycles. The quantitative estimate of drug-likeness (QED) is 0.569. The van der Waals surface area contributed by atoms with E-state index in [1.807, 2.05) is 37.3 Å². The van der Waals surface area contributed by atoms with Gasteiger partial charge in [-0.2, -0.15) is 0 Å². The highest BCUT2D eigenvalue weighted by Crippen LogP contribution is 2.17. The van der Waals surface area contributed by atoms with Crippen LogP contribution in [0.2, 0.25) is 0 Å². The SMILES string of the molecule is CC(Cl)C(=O)OC(C)c1ccccc1. The van der Waals surface area contributed by atoms with Crippen molar-refractivity contribution in [1.82, 2.24) is 0 Å². The van der Waals surface area contributed by atoms with Gasteiger partial charge in [-0.25, -0.2) is 0 Å². The first-order valence-electron chi connectivity index (χ1n) is 4.50. The summed E-state index contributed by atoms with van der Waals surface area (Å²) in [7, 11) is 0. The highest BCUT2D eigenvalue weighted by Gasteiger charge is 2.15. The molecule has 0 fully saturated rings. The van der Waals surface area contributed by atoms with Gasteiger partial charge in [0.1, 0.15) is 11.5 Å². The van der Waals surface area contributed by atoms with Gasteiger partial charge < -0.3 is 4.74 Å². The normalized spacial score (nSPS) is 14.5. The van der Waals surface area contributed by atoms with Crippen molar-refractivity contribution in [2.75, 3.05) is 0 Å². The smallest absolute Gasteiger partial charge is 0.324 e. The second kappa shape index (κ2) is 5.01. The average molecular weight is 213 g/mol. The molecule has 0 N–H and O–H groups in total. The van der Waals surface area contributed by atoms with E-state index >= 15 is 0 Å². The van der Waals surface area contributed by atoms with Gasteiger partial charge in [-0.3, -0.25) is 4.79 Å². The number of rotatable bonds is 3. The van der Waals surface area contributed by atoms with Gasteiger partial charge in [-0.1, -0.05) is 30.3 Å². The van der Waals surface area contributed by atoms with E-state index in [-0.39, 0.29) is 12.1 Å². The van der Waals surface area contributed by atoms with E-state index in [2.05, 4.69) is 0 Å². The zero-order valence-electron chi connectivity index (χ0n) is 8.24. The van der Waals surface area contributed by atoms with Crippen molar-refractivity contribution >= 4 is 17.6 Å². The number of halogens is 1. The minimum atomic E-state index is -0.596. The largest absolute Gasteiger partial charge is 0.457 e. The summed E-state index contributed by atoms with van der Waals surface area (Å²) in [4.78, 5) is 11.2. The molecule has 2 nitrogen and oxygen atoms in total. The van der Waals surface area contributed by atoms with Crippen LogP contribution in [0.5, 0.6) is 0 Å². The van der Waals surface area contributed by atoms with Crippen molar-refractivity contribution in [2.24, 2.45) is 0 Å². The summed E-state index contributed by atoms with van der Waals surface area (Å²) in [5.74, 6) is -0.386. The van der Waals surface area contributed by atoms with Gasteiger partial charge >= 0.3 is 5.97 Å². The predicted octanol–water partition coefficient (Wildman–Crippen LogP) is 2.92. The molecule has 14 heavy (non-hydrogen) atoms. The maximum atomic E-state index is 11.2. The van der Waals surface area contributed by atoms with Crippen molar-refractivity contribution in [2.45, 2.75) is 25.3 Å². The van der Waals surface area contributed by atoms with E-state index in [0.717, 1.165) is 5.56 Å². The summed E-state index contributed by atoms with van der Waals surface area (Å²) in [5.41, 5.74) is 0.971. The minimum Gasteiger partial charge on any atom is -0.457 e. The Morgan fingerprint density at radius 2 is 1.86 bits per heavy atom. The molecule has 0 spiro atoms. The second-order valence-corrected chi connectivity index (χ2v) is 3.76. The second-order valence-electron chi connectivity index (χ2n) is 3.11. The third kappa shape index (κ3) is 3.04. The van der Waals surface area contributed by atoms with Crippen molar-refractivity contribution < 1.29 is 9.53 Å². The van der Waals surface area contributed by atoms with Crippen LogP contribution in [0.3, 0.4) is 0 Å². The van der Waals surface area contributed by atoms with Gasteiger partial charge in [0.25, 0.3) is 0 Å². The number of carbonyl (C=O) groups is 1. The summed E-state index contributed by atoms with van der Waals surface area (Å²) in [6, 6.07) is 9.56. The van der Waals surface area contributed by atoms with Crippen LogP contribution in [0.4, 0.5) is 0 Å². The lowest BCUT2D eigenvalue weighted by atomic mass is 10.1. The van der Waals surface area contributed by atoms with E-state index in [9.17, 15) is 4.79 Å². The number of hydrogen-bond acceptors (Lipinski definition) is 2. The minimum absolute atomic E-state index is 0.245. The molecule has 0 saturated heterocycles. The van der Waals surface area contributed by atoms with E-state index < -0.39 is 5.38 Å². The third-order valence-electron chi connectivity index (χ3n) is 1.89. The predicted molar refractivity (Wildman–Crippen MR) is 56.3 cm³/mol. The number of esters is 1. The Balaban J connectivity index is 2.59. The molecule has 3 heteroatoms. The van der Waals surface area contributed by atoms with E-state index in [0.29, 0.717) is 0 Å². The number of benzene rings is 1. The first-order chi connectivity index (χ1) is 6.61. The summed E-state index contributed by atoms with van der Waals surface area (Å²) in [6.07, 6.45) is -0.245. The first-order valence-corrected chi connectivity index (χ1v) is 4.94. The van der Waals surface area contributed by atoms with Crippen LogP contribution in [-0.2, 0) is 9.53 Å². The Kier molecular flexibility index (Phi) is 3.96. The highest BCUT2D eigenvalue weighted by molar-refractivity contribution is 6.29. The molecule has 0 radical (unpaired) electrons. The molecule has 2 unspecified atom stereocenters. The van der Waals surface area contributed by atoms with Gasteiger partial charge in [0.05, 0.1) is 0 Å². The fraction of sp³-hybridized carbons (Fsp3) is 0.364. The number of alkyl halides is 1. The van der Waals surface area contributed by atoms with E-state index in [4.69, 9.17) is 16.3 Å². The molecule has 2 atom stereocenters. The van der Waals surface area contributed by atoms with Crippen molar-refractivity contribution in [3.05, 3.63) is 35.9 Å². The summed E-state index contributed by atoms with van der Waals surface area (Å²) in [6.45, 7) is 3.42. The van der Waals surface area contributed by atoms with Gasteiger partial charge in [0, 0.05) is 0 Å². The van der Waals surface area contributed by atoms with Gasteiger partial charge in [0.15, 0.2) is 0 Å². The number of carbonyl (C=O) groups excluding carboxylic acids is 1. The zero-order chi connectivity index (χ0) is 10.6. The topological polar surface area (TPSA) is 26.3 Å². The Morgan fingerprint density at radius 3 is 2.36 bits per heavy atom. The van der Waals surface area contributed by atoms with Crippen LogP contribution in [0.25, 0.3) is 0 Å². The third-order valence-corrected chi connectivity index (χ3v) is 2.06. The molecular weight excluding hydrogens is 200 g/mol. The maximum absolute atomic E-state index is 11.2. The molecule has 0 aromatic heterocycles. The maximum Gasteiger partial charge on any atom is 0.324 e. The van der Waals surface area contributed by atoms with Crippen LogP contribution in [0.1, 0.15) is 25.5 Å². The molecule has 0 amide bonds. The van der Waals surface area contributed by atoms with E-state index in [1.165, 1.54) is 0 Å². The number of hydrogen-bond donors (Lipinski definition) is 0. The van der Waals surface area contributed by atoms with E-state index in [1.54, 1.807) is 6.92 Å². The Labute approximate surface area is 88.8 Å². The molecule has 1 aromatic rings. The van der Waals surface area contributed by atoms with Gasteiger partial charge in [-0.05, 0) is 19.4 Å². The fourth-order valence-corrected chi connectivity index (χ4v) is 1.11. The van der Waals surface area contributed by atoms with Crippen molar-refractivity contribution in [3.63, 3.8) is 0 Å². The zero-order valence-corrected chi connectivity index (χ0v) is 8.99. The van der Waals surface area contributed by atoms with Crippen molar-refractivity contribution in [3.8, 4) is 0 Å². The summed E-state index contributed by atoms with van der Waals surface area (Å²) >= 11 is 5.59. The van der Waals surface area contributed by atoms with Crippen molar-refractivity contribution in [1.29, 1.82) is 0 Å². The molecule has 0 aliphatic carbocycles. The molecular formula is C11H13ClO2. The highest BCUT2D eigenvalue weighted by atomic mass is 35.5. The summed E-state index contributed by atoms with van der Waals surface area (Å²) < 4.78 is 5.13. The average Bonchev–Trinajstić information content (AvgIpc) is 2.19. The van der Waals surface area contributed by atoms with Crippen LogP contribution >= 0.6 is 11.6 Å². The van der Waals surface area contributed by atoms with Crippen LogP contribution in [0, 0.1) is 0 Å². The summed E-state index contributed by atoms with van der Waals surface area (Å²) in [5, 5.41) is -0.596. The van der Waals surface area contributed by atoms with Gasteiger partial charge in [-0.15, -0.1) is 11.6 Å². The monoisotopic (exact) mass is 212 g/mol. The lowest BCUT2D eigenvalue weighted by molar-refractivity contribution is -0.147. The molecule has 1 rings (SSSR count). The molecule has 0 aliphatic rings. The fourth-order valence-electron chi connectivity index (χ4n) is 1.06. The molecule has 1 aromatic carbocycles. The van der Waals surface area contributed by atoms with Crippen LogP contribution < -0.4 is 0 Å². The molecule has 0 heterocycles. The standard InChI is InChI=1S/C11H13ClO2/c1-8(12)11(13)14-9(2)10-6-4-3-5-7-10/h3-9H,1-2H3. The lowest BCUT2D eigenvalue weighted by Gasteiger charge is -2.14. The lowest BCUT2D eigenvalue weighted by Crippen LogP contribution is -2.16. The van der Waals surface area contributed by atoms with Crippen LogP contribution in [-0.4, -0.2) is 11.3 Å². The molecule has 76 valence electrons. The van der Waals surface area contributed by atoms with Crippen LogP contribution in [0.15, 0.2) is 30.3 Å². The Bertz CT molecular complexity index is 295. The Morgan fingerprint density at radius 1 is 1.29 bits per heavy atom. The van der Waals surface area contributed by atoms with Gasteiger partial charge in [0.2, 0.25) is 0 Å².